The topological polar surface area (TPSA) is 24.9 Å². The summed E-state index contributed by atoms with van der Waals surface area (Å²) in [6, 6.07) is 4.11. The van der Waals surface area contributed by atoms with E-state index in [2.05, 4.69) is 36.3 Å². The Morgan fingerprint density at radius 2 is 1.88 bits per heavy atom. The molecule has 0 spiro atoms. The molecule has 0 saturated heterocycles. The van der Waals surface area contributed by atoms with Gasteiger partial charge in [-0.1, -0.05) is 26.7 Å². The molecular weight excluding hydrogens is 208 g/mol. The molecule has 1 aromatic rings. The van der Waals surface area contributed by atoms with Gasteiger partial charge in [0.25, 0.3) is 0 Å². The van der Waals surface area contributed by atoms with Gasteiger partial charge in [0, 0.05) is 24.6 Å². The molecule has 1 saturated carbocycles. The predicted molar refractivity (Wildman–Crippen MR) is 73.1 cm³/mol. The van der Waals surface area contributed by atoms with Crippen LogP contribution in [-0.4, -0.2) is 11.5 Å². The minimum atomic E-state index is 0.539. The molecule has 1 aliphatic rings. The highest BCUT2D eigenvalue weighted by Crippen LogP contribution is 2.43. The first-order chi connectivity index (χ1) is 8.20. The number of rotatable bonds is 5. The molecule has 1 N–H and O–H groups in total. The van der Waals surface area contributed by atoms with Gasteiger partial charge in [-0.2, -0.15) is 0 Å². The van der Waals surface area contributed by atoms with E-state index in [0.717, 1.165) is 12.5 Å². The Bertz CT molecular complexity index is 326. The standard InChI is InChI=1S/C15H24N2/c1-13(2)11-15(7-3-4-8-15)12-17-14-5-9-16-10-6-14/h5-6,9-10,13H,3-4,7-8,11-12H2,1-2H3,(H,16,17). The van der Waals surface area contributed by atoms with Gasteiger partial charge in [0.2, 0.25) is 0 Å². The van der Waals surface area contributed by atoms with Crippen LogP contribution in [0.1, 0.15) is 46.0 Å². The molecule has 1 fully saturated rings. The lowest BCUT2D eigenvalue weighted by molar-refractivity contribution is 0.252. The molecule has 0 aromatic carbocycles. The predicted octanol–water partition coefficient (Wildman–Crippen LogP) is 4.10. The molecule has 0 radical (unpaired) electrons. The number of anilines is 1. The molecule has 1 heterocycles. The van der Waals surface area contributed by atoms with Crippen molar-refractivity contribution >= 4 is 5.69 Å². The van der Waals surface area contributed by atoms with Crippen LogP contribution in [0.4, 0.5) is 5.69 Å². The van der Waals surface area contributed by atoms with Crippen molar-refractivity contribution in [2.45, 2.75) is 46.0 Å². The quantitative estimate of drug-likeness (QED) is 0.826. The van der Waals surface area contributed by atoms with Crippen molar-refractivity contribution in [3.05, 3.63) is 24.5 Å². The van der Waals surface area contributed by atoms with Gasteiger partial charge in [0.05, 0.1) is 0 Å². The highest BCUT2D eigenvalue weighted by atomic mass is 14.9. The molecular formula is C15H24N2. The molecule has 0 unspecified atom stereocenters. The van der Waals surface area contributed by atoms with E-state index in [1.807, 2.05) is 12.4 Å². The van der Waals surface area contributed by atoms with E-state index < -0.39 is 0 Å². The summed E-state index contributed by atoms with van der Waals surface area (Å²) in [5, 5.41) is 3.59. The van der Waals surface area contributed by atoms with E-state index in [9.17, 15) is 0 Å². The van der Waals surface area contributed by atoms with Gasteiger partial charge in [0.15, 0.2) is 0 Å². The largest absolute Gasteiger partial charge is 0.384 e. The maximum atomic E-state index is 4.05. The minimum Gasteiger partial charge on any atom is -0.384 e. The molecule has 2 rings (SSSR count). The van der Waals surface area contributed by atoms with Crippen LogP contribution in [-0.2, 0) is 0 Å². The molecule has 0 atom stereocenters. The fraction of sp³-hybridized carbons (Fsp3) is 0.667. The third-order valence-corrected chi connectivity index (χ3v) is 3.85. The third kappa shape index (κ3) is 3.45. The first kappa shape index (κ1) is 12.4. The lowest BCUT2D eigenvalue weighted by Gasteiger charge is -2.31. The summed E-state index contributed by atoms with van der Waals surface area (Å²) in [7, 11) is 0. The van der Waals surface area contributed by atoms with E-state index in [4.69, 9.17) is 0 Å². The van der Waals surface area contributed by atoms with Crippen molar-refractivity contribution in [3.63, 3.8) is 0 Å². The van der Waals surface area contributed by atoms with Gasteiger partial charge in [-0.05, 0) is 42.7 Å². The minimum absolute atomic E-state index is 0.539. The Morgan fingerprint density at radius 3 is 2.47 bits per heavy atom. The lowest BCUT2D eigenvalue weighted by Crippen LogP contribution is -2.28. The number of nitrogens with one attached hydrogen (secondary N) is 1. The first-order valence-corrected chi connectivity index (χ1v) is 6.84. The van der Waals surface area contributed by atoms with Gasteiger partial charge in [0.1, 0.15) is 0 Å². The molecule has 17 heavy (non-hydrogen) atoms. The van der Waals surface area contributed by atoms with Gasteiger partial charge < -0.3 is 5.32 Å². The summed E-state index contributed by atoms with van der Waals surface area (Å²) in [6.07, 6.45) is 10.7. The van der Waals surface area contributed by atoms with Crippen molar-refractivity contribution in [2.24, 2.45) is 11.3 Å². The van der Waals surface area contributed by atoms with Gasteiger partial charge in [-0.15, -0.1) is 0 Å². The summed E-state index contributed by atoms with van der Waals surface area (Å²) in [4.78, 5) is 4.05. The van der Waals surface area contributed by atoms with Crippen LogP contribution in [0.2, 0.25) is 0 Å². The average molecular weight is 232 g/mol. The van der Waals surface area contributed by atoms with Crippen molar-refractivity contribution in [1.29, 1.82) is 0 Å². The molecule has 94 valence electrons. The highest BCUT2D eigenvalue weighted by Gasteiger charge is 2.33. The fourth-order valence-corrected chi connectivity index (χ4v) is 3.20. The molecule has 0 aliphatic heterocycles. The number of pyridine rings is 1. The highest BCUT2D eigenvalue weighted by molar-refractivity contribution is 5.40. The molecule has 1 aromatic heterocycles. The summed E-state index contributed by atoms with van der Waals surface area (Å²) < 4.78 is 0. The van der Waals surface area contributed by atoms with Crippen molar-refractivity contribution in [2.75, 3.05) is 11.9 Å². The Kier molecular flexibility index (Phi) is 4.03. The molecule has 1 aliphatic carbocycles. The second-order valence-corrected chi connectivity index (χ2v) is 5.89. The van der Waals surface area contributed by atoms with E-state index in [1.54, 1.807) is 0 Å². The van der Waals surface area contributed by atoms with Gasteiger partial charge in [-0.3, -0.25) is 4.98 Å². The van der Waals surface area contributed by atoms with Crippen molar-refractivity contribution in [3.8, 4) is 0 Å². The monoisotopic (exact) mass is 232 g/mol. The average Bonchev–Trinajstić information content (AvgIpc) is 2.76. The van der Waals surface area contributed by atoms with Crippen LogP contribution in [0.25, 0.3) is 0 Å². The van der Waals surface area contributed by atoms with E-state index in [-0.39, 0.29) is 0 Å². The fourth-order valence-electron chi connectivity index (χ4n) is 3.20. The van der Waals surface area contributed by atoms with Gasteiger partial charge in [-0.25, -0.2) is 0 Å². The van der Waals surface area contributed by atoms with Crippen LogP contribution in [0.15, 0.2) is 24.5 Å². The maximum Gasteiger partial charge on any atom is 0.0371 e. The Morgan fingerprint density at radius 1 is 1.24 bits per heavy atom. The van der Waals surface area contributed by atoms with Crippen molar-refractivity contribution < 1.29 is 0 Å². The lowest BCUT2D eigenvalue weighted by atomic mass is 9.78. The SMILES string of the molecule is CC(C)CC1(CNc2ccncc2)CCCC1. The first-order valence-electron chi connectivity index (χ1n) is 6.84. The number of aromatic nitrogens is 1. The Hall–Kier alpha value is -1.05. The van der Waals surface area contributed by atoms with Gasteiger partial charge >= 0.3 is 0 Å². The number of hydrogen-bond donors (Lipinski definition) is 1. The normalized spacial score (nSPS) is 18.5. The number of nitrogens with zero attached hydrogens (tertiary/aromatic N) is 1. The van der Waals surface area contributed by atoms with Crippen LogP contribution >= 0.6 is 0 Å². The maximum absolute atomic E-state index is 4.05. The zero-order valence-corrected chi connectivity index (χ0v) is 11.1. The van der Waals surface area contributed by atoms with Crippen LogP contribution in [0.3, 0.4) is 0 Å². The molecule has 0 amide bonds. The summed E-state index contributed by atoms with van der Waals surface area (Å²) >= 11 is 0. The molecule has 2 heteroatoms. The Labute approximate surface area is 105 Å². The van der Waals surface area contributed by atoms with Crippen LogP contribution < -0.4 is 5.32 Å². The van der Waals surface area contributed by atoms with E-state index in [0.29, 0.717) is 5.41 Å². The molecule has 2 nitrogen and oxygen atoms in total. The summed E-state index contributed by atoms with van der Waals surface area (Å²) in [6.45, 7) is 5.80. The smallest absolute Gasteiger partial charge is 0.0371 e. The second-order valence-electron chi connectivity index (χ2n) is 5.89. The summed E-state index contributed by atoms with van der Waals surface area (Å²) in [5.74, 6) is 0.798. The Balaban J connectivity index is 1.94. The zero-order chi connectivity index (χ0) is 12.1. The zero-order valence-electron chi connectivity index (χ0n) is 11.1. The van der Waals surface area contributed by atoms with Crippen molar-refractivity contribution in [1.82, 2.24) is 4.98 Å². The second kappa shape index (κ2) is 5.52. The third-order valence-electron chi connectivity index (χ3n) is 3.85. The van der Waals surface area contributed by atoms with Crippen LogP contribution in [0, 0.1) is 11.3 Å². The van der Waals surface area contributed by atoms with E-state index >= 15 is 0 Å². The summed E-state index contributed by atoms with van der Waals surface area (Å²) in [5.41, 5.74) is 1.74. The van der Waals surface area contributed by atoms with Crippen LogP contribution in [0.5, 0.6) is 0 Å². The molecule has 0 bridgehead atoms. The number of hydrogen-bond acceptors (Lipinski definition) is 2. The van der Waals surface area contributed by atoms with E-state index in [1.165, 1.54) is 37.8 Å².